The number of amides is 3. The average Bonchev–Trinajstić information content (AvgIpc) is 3.33. The number of para-hydroxylation sites is 1. The molecule has 29 heavy (non-hydrogen) atoms. The molecule has 0 bridgehead atoms. The summed E-state index contributed by atoms with van der Waals surface area (Å²) in [6.45, 7) is 3.15. The summed E-state index contributed by atoms with van der Waals surface area (Å²) in [4.78, 5) is 40.8. The third-order valence-electron chi connectivity index (χ3n) is 5.66. The lowest BCUT2D eigenvalue weighted by Gasteiger charge is -2.20. The molecule has 1 N–H and O–H groups in total. The zero-order valence-electron chi connectivity index (χ0n) is 16.6. The van der Waals surface area contributed by atoms with Crippen LogP contribution in [0.15, 0.2) is 48.5 Å². The second kappa shape index (κ2) is 8.07. The molecule has 3 amide bonds. The first-order chi connectivity index (χ1) is 14.1. The van der Waals surface area contributed by atoms with Gasteiger partial charge >= 0.3 is 0 Å². The Morgan fingerprint density at radius 2 is 1.90 bits per heavy atom. The maximum Gasteiger partial charge on any atom is 0.229 e. The van der Waals surface area contributed by atoms with Gasteiger partial charge in [0.15, 0.2) is 0 Å². The number of aryl methyl sites for hydroxylation is 1. The van der Waals surface area contributed by atoms with E-state index in [1.54, 1.807) is 9.80 Å². The topological polar surface area (TPSA) is 69.7 Å². The summed E-state index contributed by atoms with van der Waals surface area (Å²) in [6, 6.07) is 15.2. The van der Waals surface area contributed by atoms with Gasteiger partial charge in [-0.2, -0.15) is 0 Å². The van der Waals surface area contributed by atoms with E-state index in [9.17, 15) is 14.4 Å². The SMILES string of the molecule is CCc1ccccc1N1CC(C(=O)Nc2cccc(N3CCCC3=O)c2)CC1=O. The Morgan fingerprint density at radius 1 is 1.07 bits per heavy atom. The van der Waals surface area contributed by atoms with Crippen LogP contribution in [0, 0.1) is 5.92 Å². The molecule has 0 radical (unpaired) electrons. The van der Waals surface area contributed by atoms with Crippen molar-refractivity contribution in [3.05, 3.63) is 54.1 Å². The lowest BCUT2D eigenvalue weighted by molar-refractivity contribution is -0.122. The lowest BCUT2D eigenvalue weighted by Crippen LogP contribution is -2.29. The highest BCUT2D eigenvalue weighted by Gasteiger charge is 2.36. The van der Waals surface area contributed by atoms with E-state index in [2.05, 4.69) is 12.2 Å². The molecule has 2 aromatic carbocycles. The number of carbonyl (C=O) groups is 3. The quantitative estimate of drug-likeness (QED) is 0.850. The zero-order valence-corrected chi connectivity index (χ0v) is 16.6. The molecule has 2 aliphatic rings. The van der Waals surface area contributed by atoms with E-state index in [1.165, 1.54) is 0 Å². The second-order valence-corrected chi connectivity index (χ2v) is 7.58. The number of benzene rings is 2. The predicted octanol–water partition coefficient (Wildman–Crippen LogP) is 3.37. The van der Waals surface area contributed by atoms with Crippen molar-refractivity contribution in [3.8, 4) is 0 Å². The Hall–Kier alpha value is -3.15. The maximum absolute atomic E-state index is 12.8. The highest BCUT2D eigenvalue weighted by molar-refractivity contribution is 6.04. The summed E-state index contributed by atoms with van der Waals surface area (Å²) >= 11 is 0. The molecule has 0 aromatic heterocycles. The van der Waals surface area contributed by atoms with Crippen molar-refractivity contribution in [2.75, 3.05) is 28.2 Å². The van der Waals surface area contributed by atoms with Gasteiger partial charge in [-0.15, -0.1) is 0 Å². The fourth-order valence-electron chi connectivity index (χ4n) is 4.11. The molecule has 2 aliphatic heterocycles. The summed E-state index contributed by atoms with van der Waals surface area (Å²) in [5.74, 6) is -0.480. The molecule has 0 aliphatic carbocycles. The number of nitrogens with one attached hydrogen (secondary N) is 1. The first-order valence-corrected chi connectivity index (χ1v) is 10.2. The Balaban J connectivity index is 1.46. The largest absolute Gasteiger partial charge is 0.326 e. The van der Waals surface area contributed by atoms with Gasteiger partial charge in [0, 0.05) is 43.0 Å². The van der Waals surface area contributed by atoms with Gasteiger partial charge in [-0.05, 0) is 42.7 Å². The highest BCUT2D eigenvalue weighted by atomic mass is 16.2. The predicted molar refractivity (Wildman–Crippen MR) is 113 cm³/mol. The summed E-state index contributed by atoms with van der Waals surface area (Å²) in [5, 5.41) is 2.93. The van der Waals surface area contributed by atoms with Crippen molar-refractivity contribution in [1.29, 1.82) is 0 Å². The molecule has 2 aromatic rings. The summed E-state index contributed by atoms with van der Waals surface area (Å²) in [6.07, 6.45) is 2.46. The first kappa shape index (κ1) is 19.2. The fourth-order valence-corrected chi connectivity index (χ4v) is 4.11. The number of hydrogen-bond donors (Lipinski definition) is 1. The summed E-state index contributed by atoms with van der Waals surface area (Å²) in [5.41, 5.74) is 3.44. The molecule has 2 saturated heterocycles. The zero-order chi connectivity index (χ0) is 20.4. The Labute approximate surface area is 170 Å². The van der Waals surface area contributed by atoms with Crippen LogP contribution < -0.4 is 15.1 Å². The van der Waals surface area contributed by atoms with Crippen molar-refractivity contribution in [2.45, 2.75) is 32.6 Å². The number of carbonyl (C=O) groups excluding carboxylic acids is 3. The van der Waals surface area contributed by atoms with Crippen LogP contribution in [0.3, 0.4) is 0 Å². The van der Waals surface area contributed by atoms with Crippen LogP contribution in [0.25, 0.3) is 0 Å². The summed E-state index contributed by atoms with van der Waals surface area (Å²) in [7, 11) is 0. The number of nitrogens with zero attached hydrogens (tertiary/aromatic N) is 2. The minimum absolute atomic E-state index is 0.0255. The molecular weight excluding hydrogens is 366 g/mol. The molecule has 1 unspecified atom stereocenters. The Kier molecular flexibility index (Phi) is 5.34. The minimum atomic E-state index is -0.399. The highest BCUT2D eigenvalue weighted by Crippen LogP contribution is 2.30. The molecule has 2 heterocycles. The number of rotatable bonds is 5. The van der Waals surface area contributed by atoms with Crippen LogP contribution in [0.5, 0.6) is 0 Å². The number of hydrogen-bond acceptors (Lipinski definition) is 3. The molecule has 2 fully saturated rings. The normalized spacial score (nSPS) is 19.1. The van der Waals surface area contributed by atoms with Crippen LogP contribution in [-0.2, 0) is 20.8 Å². The third kappa shape index (κ3) is 3.88. The Bertz CT molecular complexity index is 956. The van der Waals surface area contributed by atoms with E-state index in [0.717, 1.165) is 29.8 Å². The van der Waals surface area contributed by atoms with Gasteiger partial charge < -0.3 is 15.1 Å². The van der Waals surface area contributed by atoms with Crippen molar-refractivity contribution >= 4 is 34.8 Å². The summed E-state index contributed by atoms with van der Waals surface area (Å²) < 4.78 is 0. The van der Waals surface area contributed by atoms with Gasteiger partial charge in [-0.25, -0.2) is 0 Å². The van der Waals surface area contributed by atoms with Gasteiger partial charge in [0.2, 0.25) is 17.7 Å². The van der Waals surface area contributed by atoms with Gasteiger partial charge in [0.05, 0.1) is 5.92 Å². The molecule has 0 saturated carbocycles. The van der Waals surface area contributed by atoms with Gasteiger partial charge in [0.1, 0.15) is 0 Å². The average molecular weight is 391 g/mol. The second-order valence-electron chi connectivity index (χ2n) is 7.58. The van der Waals surface area contributed by atoms with E-state index in [-0.39, 0.29) is 24.1 Å². The van der Waals surface area contributed by atoms with Crippen LogP contribution in [0.4, 0.5) is 17.1 Å². The first-order valence-electron chi connectivity index (χ1n) is 10.2. The van der Waals surface area contributed by atoms with Crippen LogP contribution in [0.2, 0.25) is 0 Å². The Morgan fingerprint density at radius 3 is 2.66 bits per heavy atom. The number of anilines is 3. The van der Waals surface area contributed by atoms with E-state index >= 15 is 0 Å². The van der Waals surface area contributed by atoms with E-state index in [1.807, 2.05) is 48.5 Å². The molecule has 150 valence electrons. The molecule has 6 heteroatoms. The molecular formula is C23H25N3O3. The van der Waals surface area contributed by atoms with Crippen molar-refractivity contribution in [3.63, 3.8) is 0 Å². The third-order valence-corrected chi connectivity index (χ3v) is 5.66. The minimum Gasteiger partial charge on any atom is -0.326 e. The van der Waals surface area contributed by atoms with Crippen LogP contribution in [0.1, 0.15) is 31.7 Å². The lowest BCUT2D eigenvalue weighted by atomic mass is 10.1. The van der Waals surface area contributed by atoms with Crippen LogP contribution in [-0.4, -0.2) is 30.8 Å². The molecule has 4 rings (SSSR count). The van der Waals surface area contributed by atoms with Gasteiger partial charge in [-0.3, -0.25) is 14.4 Å². The van der Waals surface area contributed by atoms with Crippen molar-refractivity contribution in [2.24, 2.45) is 5.92 Å². The van der Waals surface area contributed by atoms with Crippen molar-refractivity contribution in [1.82, 2.24) is 0 Å². The van der Waals surface area contributed by atoms with E-state index in [4.69, 9.17) is 0 Å². The van der Waals surface area contributed by atoms with Gasteiger partial charge in [-0.1, -0.05) is 31.2 Å². The van der Waals surface area contributed by atoms with E-state index < -0.39 is 5.92 Å². The maximum atomic E-state index is 12.8. The van der Waals surface area contributed by atoms with E-state index in [0.29, 0.717) is 25.2 Å². The van der Waals surface area contributed by atoms with Crippen LogP contribution >= 0.6 is 0 Å². The molecule has 1 atom stereocenters. The fraction of sp³-hybridized carbons (Fsp3) is 0.348. The standard InChI is InChI=1S/C23H25N3O3/c1-2-16-7-3-4-10-20(16)26-15-17(13-22(26)28)23(29)24-18-8-5-9-19(14-18)25-12-6-11-21(25)27/h3-5,7-10,14,17H,2,6,11-13,15H2,1H3,(H,24,29). The smallest absolute Gasteiger partial charge is 0.229 e. The monoisotopic (exact) mass is 391 g/mol. The van der Waals surface area contributed by atoms with Gasteiger partial charge in [0.25, 0.3) is 0 Å². The molecule has 6 nitrogen and oxygen atoms in total. The van der Waals surface area contributed by atoms with Crippen molar-refractivity contribution < 1.29 is 14.4 Å². The molecule has 0 spiro atoms.